The van der Waals surface area contributed by atoms with Crippen LogP contribution in [0.2, 0.25) is 0 Å². The van der Waals surface area contributed by atoms with Gasteiger partial charge in [0.2, 0.25) is 11.8 Å². The summed E-state index contributed by atoms with van der Waals surface area (Å²) < 4.78 is 2.85. The van der Waals surface area contributed by atoms with Gasteiger partial charge in [0.25, 0.3) is 5.56 Å². The third kappa shape index (κ3) is 3.65. The minimum Gasteiger partial charge on any atom is -0.494 e. The van der Waals surface area contributed by atoms with Gasteiger partial charge in [-0.05, 0) is 43.8 Å². The first-order chi connectivity index (χ1) is 14.2. The Morgan fingerprint density at radius 1 is 1.20 bits per heavy atom. The van der Waals surface area contributed by atoms with E-state index < -0.39 is 5.56 Å². The van der Waals surface area contributed by atoms with Gasteiger partial charge in [-0.15, -0.1) is 0 Å². The Kier molecular flexibility index (Phi) is 6.12. The number of nitrogens with zero attached hydrogens (tertiary/aromatic N) is 5. The molecule has 160 valence electrons. The van der Waals surface area contributed by atoms with Gasteiger partial charge in [-0.25, -0.2) is 5.01 Å². The molecule has 2 heterocycles. The minimum absolute atomic E-state index is 0.0714. The molecule has 1 amide bonds. The summed E-state index contributed by atoms with van der Waals surface area (Å²) in [7, 11) is 3.14. The Bertz CT molecular complexity index is 1110. The zero-order valence-electron chi connectivity index (χ0n) is 17.9. The van der Waals surface area contributed by atoms with E-state index >= 15 is 0 Å². The van der Waals surface area contributed by atoms with Crippen LogP contribution in [-0.2, 0) is 18.9 Å². The molecule has 2 aromatic rings. The highest BCUT2D eigenvalue weighted by Crippen LogP contribution is 2.34. The van der Waals surface area contributed by atoms with E-state index in [0.717, 1.165) is 24.3 Å². The standard InChI is InChI=1S/C21H27N5O3S/c1-6-25(7-2)15-10-8-14(9-11-15)17-12-16(22-26(17)13(3)27)18-19(28)23(4)21(30)24(5)20(18)29/h8-11,17,28H,6-7,12H2,1-5H3/t17-/m0/s1. The number of hydrogen-bond acceptors (Lipinski definition) is 6. The Labute approximate surface area is 180 Å². The average molecular weight is 430 g/mol. The fraction of sp³-hybridized carbons (Fsp3) is 0.429. The van der Waals surface area contributed by atoms with Crippen LogP contribution < -0.4 is 10.5 Å². The maximum Gasteiger partial charge on any atom is 0.267 e. The highest BCUT2D eigenvalue weighted by Gasteiger charge is 2.34. The van der Waals surface area contributed by atoms with Crippen LogP contribution in [0.15, 0.2) is 34.2 Å². The van der Waals surface area contributed by atoms with Gasteiger partial charge in [-0.2, -0.15) is 5.10 Å². The number of aromatic hydroxyl groups is 1. The molecule has 1 N–H and O–H groups in total. The summed E-state index contributed by atoms with van der Waals surface area (Å²) >= 11 is 5.18. The number of amides is 1. The molecule has 9 heteroatoms. The van der Waals surface area contributed by atoms with Gasteiger partial charge < -0.3 is 10.0 Å². The lowest BCUT2D eigenvalue weighted by Gasteiger charge is -2.23. The molecule has 8 nitrogen and oxygen atoms in total. The van der Waals surface area contributed by atoms with Gasteiger partial charge in [-0.1, -0.05) is 12.1 Å². The van der Waals surface area contributed by atoms with Crippen LogP contribution in [-0.4, -0.2) is 44.0 Å². The highest BCUT2D eigenvalue weighted by molar-refractivity contribution is 7.71. The summed E-state index contributed by atoms with van der Waals surface area (Å²) in [5, 5.41) is 16.4. The first kappa shape index (κ1) is 21.8. The minimum atomic E-state index is -0.435. The van der Waals surface area contributed by atoms with Crippen LogP contribution in [0.4, 0.5) is 5.69 Å². The molecule has 0 bridgehead atoms. The lowest BCUT2D eigenvalue weighted by atomic mass is 9.98. The molecule has 0 saturated heterocycles. The predicted octanol–water partition coefficient (Wildman–Crippen LogP) is 2.70. The molecule has 0 fully saturated rings. The second kappa shape index (κ2) is 8.43. The van der Waals surface area contributed by atoms with Crippen molar-refractivity contribution in [3.63, 3.8) is 0 Å². The maximum atomic E-state index is 12.8. The summed E-state index contributed by atoms with van der Waals surface area (Å²) in [5.74, 6) is -0.480. The summed E-state index contributed by atoms with van der Waals surface area (Å²) in [6.45, 7) is 7.46. The molecular weight excluding hydrogens is 402 g/mol. The molecule has 0 unspecified atom stereocenters. The van der Waals surface area contributed by atoms with E-state index in [2.05, 4.69) is 23.8 Å². The highest BCUT2D eigenvalue weighted by atomic mass is 32.1. The number of carbonyl (C=O) groups excluding carboxylic acids is 1. The largest absolute Gasteiger partial charge is 0.494 e. The monoisotopic (exact) mass is 429 g/mol. The van der Waals surface area contributed by atoms with Crippen LogP contribution in [0.3, 0.4) is 0 Å². The van der Waals surface area contributed by atoms with Crippen LogP contribution >= 0.6 is 12.2 Å². The van der Waals surface area contributed by atoms with Crippen LogP contribution in [0.25, 0.3) is 0 Å². The number of anilines is 1. The number of hydrazone groups is 1. The summed E-state index contributed by atoms with van der Waals surface area (Å²) in [5.41, 5.74) is 2.03. The Balaban J connectivity index is 2.02. The molecule has 1 aliphatic rings. The van der Waals surface area contributed by atoms with Gasteiger partial charge >= 0.3 is 0 Å². The Morgan fingerprint density at radius 2 is 1.80 bits per heavy atom. The van der Waals surface area contributed by atoms with Crippen molar-refractivity contribution in [1.29, 1.82) is 0 Å². The number of carbonyl (C=O) groups is 1. The van der Waals surface area contributed by atoms with E-state index in [0.29, 0.717) is 12.1 Å². The van der Waals surface area contributed by atoms with Crippen molar-refractivity contribution in [2.24, 2.45) is 19.2 Å². The molecule has 1 aliphatic heterocycles. The first-order valence-corrected chi connectivity index (χ1v) is 10.3. The molecule has 0 saturated carbocycles. The normalized spacial score (nSPS) is 16.0. The third-order valence-electron chi connectivity index (χ3n) is 5.56. The summed E-state index contributed by atoms with van der Waals surface area (Å²) in [4.78, 5) is 27.3. The second-order valence-corrected chi connectivity index (χ2v) is 7.66. The van der Waals surface area contributed by atoms with Crippen molar-refractivity contribution < 1.29 is 9.90 Å². The maximum absolute atomic E-state index is 12.8. The molecule has 30 heavy (non-hydrogen) atoms. The van der Waals surface area contributed by atoms with Crippen molar-refractivity contribution in [3.05, 3.63) is 50.5 Å². The molecule has 1 atom stereocenters. The Hall–Kier alpha value is -2.94. The number of hydrogen-bond donors (Lipinski definition) is 1. The van der Waals surface area contributed by atoms with Crippen LogP contribution in [0.5, 0.6) is 5.88 Å². The third-order valence-corrected chi connectivity index (χ3v) is 6.11. The van der Waals surface area contributed by atoms with E-state index in [1.54, 1.807) is 14.1 Å². The molecule has 0 spiro atoms. The van der Waals surface area contributed by atoms with Crippen molar-refractivity contribution in [1.82, 2.24) is 14.1 Å². The van der Waals surface area contributed by atoms with E-state index in [4.69, 9.17) is 12.2 Å². The Morgan fingerprint density at radius 3 is 2.33 bits per heavy atom. The molecule has 3 rings (SSSR count). The molecular formula is C21H27N5O3S. The van der Waals surface area contributed by atoms with Gasteiger partial charge in [0, 0.05) is 46.2 Å². The van der Waals surface area contributed by atoms with E-state index in [1.807, 2.05) is 24.3 Å². The number of aromatic nitrogens is 2. The molecule has 0 radical (unpaired) electrons. The summed E-state index contributed by atoms with van der Waals surface area (Å²) in [6, 6.07) is 7.68. The molecule has 1 aromatic carbocycles. The predicted molar refractivity (Wildman–Crippen MR) is 120 cm³/mol. The lowest BCUT2D eigenvalue weighted by Crippen LogP contribution is -2.28. The van der Waals surface area contributed by atoms with Crippen LogP contribution in [0, 0.1) is 4.77 Å². The van der Waals surface area contributed by atoms with E-state index in [9.17, 15) is 14.7 Å². The van der Waals surface area contributed by atoms with E-state index in [-0.39, 0.29) is 28.2 Å². The van der Waals surface area contributed by atoms with Gasteiger partial charge in [0.15, 0.2) is 4.77 Å². The zero-order chi connectivity index (χ0) is 22.2. The van der Waals surface area contributed by atoms with E-state index in [1.165, 1.54) is 21.1 Å². The van der Waals surface area contributed by atoms with Crippen molar-refractivity contribution in [2.75, 3.05) is 18.0 Å². The second-order valence-electron chi connectivity index (χ2n) is 7.30. The van der Waals surface area contributed by atoms with Crippen molar-refractivity contribution in [2.45, 2.75) is 33.2 Å². The van der Waals surface area contributed by atoms with Gasteiger partial charge in [-0.3, -0.25) is 18.7 Å². The van der Waals surface area contributed by atoms with Crippen molar-refractivity contribution >= 4 is 29.5 Å². The SMILES string of the molecule is CCN(CC)c1ccc([C@@H]2CC(c3c(O)n(C)c(=S)n(C)c3=O)=NN2C(C)=O)cc1. The lowest BCUT2D eigenvalue weighted by molar-refractivity contribution is -0.130. The summed E-state index contributed by atoms with van der Waals surface area (Å²) in [6.07, 6.45) is 0.323. The first-order valence-electron chi connectivity index (χ1n) is 9.92. The fourth-order valence-electron chi connectivity index (χ4n) is 3.79. The quantitative estimate of drug-likeness (QED) is 0.739. The van der Waals surface area contributed by atoms with Gasteiger partial charge in [0.1, 0.15) is 5.56 Å². The van der Waals surface area contributed by atoms with Crippen LogP contribution in [0.1, 0.15) is 44.4 Å². The smallest absolute Gasteiger partial charge is 0.267 e. The molecule has 1 aromatic heterocycles. The van der Waals surface area contributed by atoms with Crippen molar-refractivity contribution in [3.8, 4) is 5.88 Å². The average Bonchev–Trinajstić information content (AvgIpc) is 3.18. The molecule has 0 aliphatic carbocycles. The number of rotatable bonds is 5. The number of benzene rings is 1. The topological polar surface area (TPSA) is 83.1 Å². The zero-order valence-corrected chi connectivity index (χ0v) is 18.7. The fourth-order valence-corrected chi connectivity index (χ4v) is 3.96. The van der Waals surface area contributed by atoms with Gasteiger partial charge in [0.05, 0.1) is 11.8 Å².